The minimum absolute atomic E-state index is 0.509. The molecule has 0 bridgehead atoms. The summed E-state index contributed by atoms with van der Waals surface area (Å²) in [5, 5.41) is 12.3. The molecule has 8 heteroatoms. The molecule has 25 heavy (non-hydrogen) atoms. The molecule has 0 spiro atoms. The molecule has 2 heterocycles. The minimum atomic E-state index is 0.509. The Morgan fingerprint density at radius 3 is 2.72 bits per heavy atom. The summed E-state index contributed by atoms with van der Waals surface area (Å²) in [6.45, 7) is 0. The molecule has 0 unspecified atom stereocenters. The number of aromatic nitrogens is 3. The molecule has 5 nitrogen and oxygen atoms in total. The molecule has 1 aliphatic heterocycles. The van der Waals surface area contributed by atoms with Crippen LogP contribution in [0, 0.1) is 0 Å². The summed E-state index contributed by atoms with van der Waals surface area (Å²) in [5.41, 5.74) is 6.06. The van der Waals surface area contributed by atoms with Crippen LogP contribution in [-0.2, 0) is 0 Å². The van der Waals surface area contributed by atoms with Crippen molar-refractivity contribution in [1.29, 1.82) is 0 Å². The van der Waals surface area contributed by atoms with Crippen molar-refractivity contribution >= 4 is 40.7 Å². The first-order valence-corrected chi connectivity index (χ1v) is 8.98. The van der Waals surface area contributed by atoms with Crippen LogP contribution in [-0.4, -0.2) is 22.0 Å². The fourth-order valence-corrected chi connectivity index (χ4v) is 3.49. The zero-order valence-corrected chi connectivity index (χ0v) is 15.4. The molecule has 3 aromatic rings. The predicted molar refractivity (Wildman–Crippen MR) is 102 cm³/mol. The highest BCUT2D eigenvalue weighted by atomic mass is 35.5. The number of hydrogen-bond acceptors (Lipinski definition) is 5. The number of ether oxygens (including phenoxy) is 1. The molecule has 1 aliphatic rings. The summed E-state index contributed by atoms with van der Waals surface area (Å²) in [6.07, 6.45) is 0. The minimum Gasteiger partial charge on any atom is -0.497 e. The van der Waals surface area contributed by atoms with Crippen LogP contribution >= 0.6 is 35.0 Å². The van der Waals surface area contributed by atoms with Gasteiger partial charge in [0, 0.05) is 16.5 Å². The molecule has 0 atom stereocenters. The molecule has 0 fully saturated rings. The van der Waals surface area contributed by atoms with Crippen molar-refractivity contribution in [2.24, 2.45) is 0 Å². The smallest absolute Gasteiger partial charge is 0.214 e. The monoisotopic (exact) mass is 390 g/mol. The van der Waals surface area contributed by atoms with Crippen molar-refractivity contribution in [3.8, 4) is 17.1 Å². The van der Waals surface area contributed by atoms with Crippen LogP contribution in [0.2, 0.25) is 10.0 Å². The van der Waals surface area contributed by atoms with Gasteiger partial charge in [-0.25, -0.2) is 4.68 Å². The lowest BCUT2D eigenvalue weighted by Gasteiger charge is -2.19. The van der Waals surface area contributed by atoms with Gasteiger partial charge in [-0.3, -0.25) is 5.43 Å². The fraction of sp³-hybridized carbons (Fsp3) is 0.0588. The van der Waals surface area contributed by atoms with Gasteiger partial charge in [-0.2, -0.15) is 0 Å². The topological polar surface area (TPSA) is 52.0 Å². The highest BCUT2D eigenvalue weighted by Crippen LogP contribution is 2.33. The number of nitrogens with one attached hydrogen (secondary N) is 1. The third kappa shape index (κ3) is 3.08. The first-order chi connectivity index (χ1) is 12.2. The van der Waals surface area contributed by atoms with Crippen molar-refractivity contribution in [2.75, 3.05) is 12.5 Å². The molecular weight excluding hydrogens is 379 g/mol. The number of benzene rings is 2. The SMILES string of the molecule is COc1cccc(-c2nnc3n2NC(c2ccc(Cl)c(Cl)c2)=CS3)c1. The molecule has 0 aliphatic carbocycles. The van der Waals surface area contributed by atoms with Crippen molar-refractivity contribution < 1.29 is 4.74 Å². The molecular formula is C17H12Cl2N4OS. The Labute approximate surface area is 158 Å². The van der Waals surface area contributed by atoms with Gasteiger partial charge in [-0.15, -0.1) is 10.2 Å². The van der Waals surface area contributed by atoms with E-state index in [0.29, 0.717) is 15.9 Å². The van der Waals surface area contributed by atoms with Crippen LogP contribution in [0.3, 0.4) is 0 Å². The van der Waals surface area contributed by atoms with Gasteiger partial charge in [0.05, 0.1) is 22.9 Å². The quantitative estimate of drug-likeness (QED) is 0.688. The van der Waals surface area contributed by atoms with E-state index in [9.17, 15) is 0 Å². The van der Waals surface area contributed by atoms with E-state index in [2.05, 4.69) is 15.6 Å². The van der Waals surface area contributed by atoms with Gasteiger partial charge in [0.15, 0.2) is 5.82 Å². The fourth-order valence-electron chi connectivity index (χ4n) is 2.45. The Bertz CT molecular complexity index is 987. The summed E-state index contributed by atoms with van der Waals surface area (Å²) in [6, 6.07) is 13.2. The van der Waals surface area contributed by atoms with E-state index in [0.717, 1.165) is 27.7 Å². The normalized spacial score (nSPS) is 13.0. The van der Waals surface area contributed by atoms with Crippen molar-refractivity contribution in [3.05, 3.63) is 63.5 Å². The van der Waals surface area contributed by atoms with E-state index in [4.69, 9.17) is 27.9 Å². The lowest BCUT2D eigenvalue weighted by atomic mass is 10.2. The number of rotatable bonds is 3. The van der Waals surface area contributed by atoms with Crippen LogP contribution in [0.5, 0.6) is 5.75 Å². The largest absolute Gasteiger partial charge is 0.497 e. The van der Waals surface area contributed by atoms with Crippen LogP contribution in [0.1, 0.15) is 5.56 Å². The number of fused-ring (bicyclic) bond motifs is 1. The predicted octanol–water partition coefficient (Wildman–Crippen LogP) is 4.91. The summed E-state index contributed by atoms with van der Waals surface area (Å²) in [5.74, 6) is 1.46. The van der Waals surface area contributed by atoms with E-state index in [1.54, 1.807) is 13.2 Å². The first kappa shape index (κ1) is 16.3. The highest BCUT2D eigenvalue weighted by Gasteiger charge is 2.20. The summed E-state index contributed by atoms with van der Waals surface area (Å²) < 4.78 is 7.13. The Hall–Kier alpha value is -2.15. The third-order valence-electron chi connectivity index (χ3n) is 3.71. The van der Waals surface area contributed by atoms with Crippen molar-refractivity contribution in [2.45, 2.75) is 5.16 Å². The van der Waals surface area contributed by atoms with Gasteiger partial charge in [-0.1, -0.05) is 53.2 Å². The van der Waals surface area contributed by atoms with Crippen LogP contribution in [0.15, 0.2) is 53.0 Å². The van der Waals surface area contributed by atoms with Gasteiger partial charge in [0.2, 0.25) is 5.16 Å². The molecule has 1 N–H and O–H groups in total. The van der Waals surface area contributed by atoms with Gasteiger partial charge in [-0.05, 0) is 24.3 Å². The lowest BCUT2D eigenvalue weighted by molar-refractivity contribution is 0.415. The van der Waals surface area contributed by atoms with E-state index in [1.807, 2.05) is 46.5 Å². The average Bonchev–Trinajstić information content (AvgIpc) is 3.07. The standard InChI is InChI=1S/C17H12Cl2N4OS/c1-24-12-4-2-3-11(7-12)16-20-21-17-23(16)22-15(9-25-17)10-5-6-13(18)14(19)8-10/h2-9,22H,1H3. The van der Waals surface area contributed by atoms with Gasteiger partial charge < -0.3 is 4.74 Å². The Balaban J connectivity index is 1.70. The molecule has 0 amide bonds. The number of hydrogen-bond donors (Lipinski definition) is 1. The number of nitrogens with zero attached hydrogens (tertiary/aromatic N) is 3. The van der Waals surface area contributed by atoms with Crippen LogP contribution < -0.4 is 10.2 Å². The lowest BCUT2D eigenvalue weighted by Crippen LogP contribution is -2.18. The maximum absolute atomic E-state index is 6.13. The molecule has 1 aromatic heterocycles. The van der Waals surface area contributed by atoms with Gasteiger partial charge >= 0.3 is 0 Å². The number of halogens is 2. The van der Waals surface area contributed by atoms with Crippen LogP contribution in [0.4, 0.5) is 0 Å². The van der Waals surface area contributed by atoms with E-state index in [1.165, 1.54) is 11.8 Å². The second kappa shape index (κ2) is 6.63. The molecule has 0 saturated heterocycles. The zero-order valence-electron chi connectivity index (χ0n) is 13.0. The van der Waals surface area contributed by atoms with Crippen molar-refractivity contribution in [3.63, 3.8) is 0 Å². The van der Waals surface area contributed by atoms with Crippen LogP contribution in [0.25, 0.3) is 17.1 Å². The van der Waals surface area contributed by atoms with E-state index in [-0.39, 0.29) is 0 Å². The first-order valence-electron chi connectivity index (χ1n) is 7.35. The summed E-state index contributed by atoms with van der Waals surface area (Å²) >= 11 is 13.6. The van der Waals surface area contributed by atoms with E-state index >= 15 is 0 Å². The maximum atomic E-state index is 6.13. The molecule has 0 saturated carbocycles. The van der Waals surface area contributed by atoms with Gasteiger partial charge in [0.1, 0.15) is 5.75 Å². The second-order valence-electron chi connectivity index (χ2n) is 5.26. The molecule has 126 valence electrons. The third-order valence-corrected chi connectivity index (χ3v) is 5.27. The molecule has 4 rings (SSSR count). The Kier molecular flexibility index (Phi) is 4.33. The van der Waals surface area contributed by atoms with Crippen molar-refractivity contribution in [1.82, 2.24) is 14.9 Å². The average molecular weight is 391 g/mol. The summed E-state index contributed by atoms with van der Waals surface area (Å²) in [4.78, 5) is 0. The Morgan fingerprint density at radius 1 is 1.04 bits per heavy atom. The Morgan fingerprint density at radius 2 is 1.92 bits per heavy atom. The molecule has 2 aromatic carbocycles. The number of thioether (sulfide) groups is 1. The molecule has 0 radical (unpaired) electrons. The zero-order chi connectivity index (χ0) is 17.4. The second-order valence-corrected chi connectivity index (χ2v) is 6.91. The summed E-state index contributed by atoms with van der Waals surface area (Å²) in [7, 11) is 1.64. The maximum Gasteiger partial charge on any atom is 0.214 e. The highest BCUT2D eigenvalue weighted by molar-refractivity contribution is 8.02. The number of methoxy groups -OCH3 is 1. The van der Waals surface area contributed by atoms with E-state index < -0.39 is 0 Å². The van der Waals surface area contributed by atoms with Gasteiger partial charge in [0.25, 0.3) is 0 Å².